The van der Waals surface area contributed by atoms with Crippen LogP contribution in [0.1, 0.15) is 42.9 Å². The maximum absolute atomic E-state index is 4.48. The van der Waals surface area contributed by atoms with Gasteiger partial charge in [-0.15, -0.1) is 11.3 Å². The molecule has 104 valence electrons. The van der Waals surface area contributed by atoms with Gasteiger partial charge in [0, 0.05) is 29.5 Å². The highest BCUT2D eigenvalue weighted by atomic mass is 32.1. The van der Waals surface area contributed by atoms with Gasteiger partial charge in [0.15, 0.2) is 0 Å². The molecule has 0 aliphatic rings. The summed E-state index contributed by atoms with van der Waals surface area (Å²) in [5.74, 6) is 0.953. The molecule has 6 heteroatoms. The zero-order valence-corrected chi connectivity index (χ0v) is 12.5. The standard InChI is InChI=1S/C13H21N5S/c1-13(2,3)12-15-8-10(19-12)7-14-6-4-5-11-16-9-17-18-11/h8-9,14H,4-7H2,1-3H3,(H,16,17,18). The monoisotopic (exact) mass is 279 g/mol. The van der Waals surface area contributed by atoms with Crippen molar-refractivity contribution in [2.75, 3.05) is 6.54 Å². The Morgan fingerprint density at radius 3 is 2.79 bits per heavy atom. The Kier molecular flexibility index (Phi) is 4.66. The highest BCUT2D eigenvalue weighted by Crippen LogP contribution is 2.26. The third-order valence-corrected chi connectivity index (χ3v) is 4.15. The van der Waals surface area contributed by atoms with Crippen molar-refractivity contribution in [3.05, 3.63) is 28.2 Å². The second-order valence-corrected chi connectivity index (χ2v) is 6.71. The highest BCUT2D eigenvalue weighted by Gasteiger charge is 2.17. The van der Waals surface area contributed by atoms with Gasteiger partial charge >= 0.3 is 0 Å². The Hall–Kier alpha value is -1.27. The number of H-pyrrole nitrogens is 1. The number of aryl methyl sites for hydroxylation is 1. The first-order chi connectivity index (χ1) is 9.05. The van der Waals surface area contributed by atoms with Crippen LogP contribution in [-0.2, 0) is 18.4 Å². The van der Waals surface area contributed by atoms with E-state index in [9.17, 15) is 0 Å². The Bertz CT molecular complexity index is 483. The van der Waals surface area contributed by atoms with Crippen molar-refractivity contribution in [1.29, 1.82) is 0 Å². The van der Waals surface area contributed by atoms with E-state index in [1.807, 2.05) is 6.20 Å². The summed E-state index contributed by atoms with van der Waals surface area (Å²) in [5, 5.41) is 11.3. The molecule has 2 N–H and O–H groups in total. The molecular formula is C13H21N5S. The molecule has 2 aromatic heterocycles. The molecule has 0 fully saturated rings. The van der Waals surface area contributed by atoms with Gasteiger partial charge in [-0.3, -0.25) is 5.10 Å². The number of nitrogens with one attached hydrogen (secondary N) is 2. The zero-order chi connectivity index (χ0) is 13.7. The van der Waals surface area contributed by atoms with Crippen LogP contribution < -0.4 is 5.32 Å². The quantitative estimate of drug-likeness (QED) is 0.796. The van der Waals surface area contributed by atoms with Crippen molar-refractivity contribution in [3.8, 4) is 0 Å². The lowest BCUT2D eigenvalue weighted by molar-refractivity contribution is 0.585. The molecule has 0 unspecified atom stereocenters. The van der Waals surface area contributed by atoms with E-state index < -0.39 is 0 Å². The fraction of sp³-hybridized carbons (Fsp3) is 0.615. The van der Waals surface area contributed by atoms with E-state index in [0.29, 0.717) is 0 Å². The number of hydrogen-bond donors (Lipinski definition) is 2. The molecule has 0 amide bonds. The smallest absolute Gasteiger partial charge is 0.137 e. The van der Waals surface area contributed by atoms with Crippen molar-refractivity contribution in [2.45, 2.75) is 45.6 Å². The highest BCUT2D eigenvalue weighted by molar-refractivity contribution is 7.11. The van der Waals surface area contributed by atoms with E-state index in [2.05, 4.69) is 46.3 Å². The molecule has 0 saturated carbocycles. The molecule has 0 bridgehead atoms. The molecule has 0 atom stereocenters. The fourth-order valence-corrected chi connectivity index (χ4v) is 2.62. The molecule has 2 rings (SSSR count). The zero-order valence-electron chi connectivity index (χ0n) is 11.7. The van der Waals surface area contributed by atoms with Gasteiger partial charge in [0.1, 0.15) is 12.2 Å². The van der Waals surface area contributed by atoms with E-state index in [4.69, 9.17) is 0 Å². The third-order valence-electron chi connectivity index (χ3n) is 2.73. The summed E-state index contributed by atoms with van der Waals surface area (Å²) in [4.78, 5) is 9.88. The SMILES string of the molecule is CC(C)(C)c1ncc(CNCCCc2ncn[nH]2)s1. The second kappa shape index (κ2) is 6.25. The Morgan fingerprint density at radius 1 is 1.32 bits per heavy atom. The van der Waals surface area contributed by atoms with Crippen LogP contribution in [-0.4, -0.2) is 26.7 Å². The number of aromatic nitrogens is 4. The summed E-state index contributed by atoms with van der Waals surface area (Å²) in [7, 11) is 0. The molecule has 2 aromatic rings. The Labute approximate surface area is 117 Å². The number of nitrogens with zero attached hydrogens (tertiary/aromatic N) is 3. The summed E-state index contributed by atoms with van der Waals surface area (Å²) in [6.45, 7) is 8.45. The summed E-state index contributed by atoms with van der Waals surface area (Å²) in [6.07, 6.45) is 5.52. The minimum Gasteiger partial charge on any atom is -0.312 e. The summed E-state index contributed by atoms with van der Waals surface area (Å²) in [5.41, 5.74) is 0.148. The third kappa shape index (κ3) is 4.40. The van der Waals surface area contributed by atoms with Crippen LogP contribution in [0.3, 0.4) is 0 Å². The first-order valence-electron chi connectivity index (χ1n) is 6.56. The van der Waals surface area contributed by atoms with Crippen LogP contribution >= 0.6 is 11.3 Å². The maximum Gasteiger partial charge on any atom is 0.137 e. The Morgan fingerprint density at radius 2 is 2.16 bits per heavy atom. The summed E-state index contributed by atoms with van der Waals surface area (Å²) in [6, 6.07) is 0. The van der Waals surface area contributed by atoms with Gasteiger partial charge < -0.3 is 5.32 Å². The van der Waals surface area contributed by atoms with Crippen molar-refractivity contribution in [3.63, 3.8) is 0 Å². The molecule has 19 heavy (non-hydrogen) atoms. The topological polar surface area (TPSA) is 66.5 Å². The van der Waals surface area contributed by atoms with Gasteiger partial charge in [-0.1, -0.05) is 20.8 Å². The molecule has 0 saturated heterocycles. The molecule has 0 aliphatic heterocycles. The fourth-order valence-electron chi connectivity index (χ4n) is 1.68. The first kappa shape index (κ1) is 14.1. The van der Waals surface area contributed by atoms with Crippen molar-refractivity contribution < 1.29 is 0 Å². The van der Waals surface area contributed by atoms with Crippen molar-refractivity contribution in [1.82, 2.24) is 25.5 Å². The largest absolute Gasteiger partial charge is 0.312 e. The van der Waals surface area contributed by atoms with E-state index in [0.717, 1.165) is 31.8 Å². The van der Waals surface area contributed by atoms with E-state index in [1.54, 1.807) is 17.7 Å². The van der Waals surface area contributed by atoms with Crippen LogP contribution in [0, 0.1) is 0 Å². The summed E-state index contributed by atoms with van der Waals surface area (Å²) < 4.78 is 0. The van der Waals surface area contributed by atoms with E-state index in [1.165, 1.54) is 9.88 Å². The molecule has 2 heterocycles. The molecular weight excluding hydrogens is 258 g/mol. The Balaban J connectivity index is 1.67. The van der Waals surface area contributed by atoms with Crippen LogP contribution in [0.2, 0.25) is 0 Å². The van der Waals surface area contributed by atoms with Gasteiger partial charge in [-0.25, -0.2) is 9.97 Å². The lowest BCUT2D eigenvalue weighted by Crippen LogP contribution is -2.14. The number of thiazole rings is 1. The average molecular weight is 279 g/mol. The first-order valence-corrected chi connectivity index (χ1v) is 7.37. The van der Waals surface area contributed by atoms with Crippen LogP contribution in [0.25, 0.3) is 0 Å². The van der Waals surface area contributed by atoms with Crippen LogP contribution in [0.5, 0.6) is 0 Å². The van der Waals surface area contributed by atoms with Crippen molar-refractivity contribution in [2.24, 2.45) is 0 Å². The summed E-state index contributed by atoms with van der Waals surface area (Å²) >= 11 is 1.79. The van der Waals surface area contributed by atoms with E-state index in [-0.39, 0.29) is 5.41 Å². The maximum atomic E-state index is 4.48. The molecule has 0 spiro atoms. The normalized spacial score (nSPS) is 11.9. The molecule has 0 aromatic carbocycles. The minimum absolute atomic E-state index is 0.148. The van der Waals surface area contributed by atoms with Crippen molar-refractivity contribution >= 4 is 11.3 Å². The number of aromatic amines is 1. The second-order valence-electron chi connectivity index (χ2n) is 5.59. The van der Waals surface area contributed by atoms with Gasteiger partial charge in [0.2, 0.25) is 0 Å². The van der Waals surface area contributed by atoms with Gasteiger partial charge in [0.05, 0.1) is 5.01 Å². The van der Waals surface area contributed by atoms with Crippen LogP contribution in [0.4, 0.5) is 0 Å². The average Bonchev–Trinajstić information content (AvgIpc) is 2.97. The van der Waals surface area contributed by atoms with Gasteiger partial charge in [-0.05, 0) is 13.0 Å². The number of hydrogen-bond acceptors (Lipinski definition) is 5. The molecule has 0 aliphatic carbocycles. The molecule has 5 nitrogen and oxygen atoms in total. The van der Waals surface area contributed by atoms with Gasteiger partial charge in [0.25, 0.3) is 0 Å². The lowest BCUT2D eigenvalue weighted by atomic mass is 9.98. The predicted octanol–water partition coefficient (Wildman–Crippen LogP) is 2.28. The molecule has 0 radical (unpaired) electrons. The lowest BCUT2D eigenvalue weighted by Gasteiger charge is -2.13. The predicted molar refractivity (Wildman–Crippen MR) is 77.2 cm³/mol. The van der Waals surface area contributed by atoms with E-state index >= 15 is 0 Å². The number of rotatable bonds is 6. The minimum atomic E-state index is 0.148. The van der Waals surface area contributed by atoms with Gasteiger partial charge in [-0.2, -0.15) is 5.10 Å². The van der Waals surface area contributed by atoms with Crippen LogP contribution in [0.15, 0.2) is 12.5 Å².